The molecule has 0 bridgehead atoms. The third-order valence-electron chi connectivity index (χ3n) is 3.15. The Morgan fingerprint density at radius 2 is 2.16 bits per heavy atom. The van der Waals surface area contributed by atoms with Gasteiger partial charge >= 0.3 is 5.97 Å². The van der Waals surface area contributed by atoms with Crippen LogP contribution in [0.4, 0.5) is 11.4 Å². The third kappa shape index (κ3) is 2.81. The van der Waals surface area contributed by atoms with Crippen molar-refractivity contribution < 1.29 is 18.3 Å². The largest absolute Gasteiger partial charge is 0.481 e. The molecule has 2 rings (SSSR count). The summed E-state index contributed by atoms with van der Waals surface area (Å²) < 4.78 is 25.7. The maximum absolute atomic E-state index is 12.2. The number of hydrogen-bond acceptors (Lipinski definition) is 4. The molecule has 1 aliphatic rings. The SMILES string of the molecule is Nc1cccc2c1CCCN2S(=O)(=O)CCC(=O)O. The number of fused-ring (bicyclic) bond motifs is 1. The highest BCUT2D eigenvalue weighted by Crippen LogP contribution is 2.33. The molecule has 0 saturated carbocycles. The molecule has 0 spiro atoms. The first-order chi connectivity index (χ1) is 8.92. The van der Waals surface area contributed by atoms with Crippen molar-refractivity contribution in [2.24, 2.45) is 0 Å². The highest BCUT2D eigenvalue weighted by molar-refractivity contribution is 7.92. The van der Waals surface area contributed by atoms with Gasteiger partial charge in [0.15, 0.2) is 0 Å². The number of hydrogen-bond donors (Lipinski definition) is 2. The Kier molecular flexibility index (Phi) is 3.66. The zero-order chi connectivity index (χ0) is 14.0. The lowest BCUT2D eigenvalue weighted by molar-refractivity contribution is -0.136. The van der Waals surface area contributed by atoms with Crippen LogP contribution in [0.5, 0.6) is 0 Å². The third-order valence-corrected chi connectivity index (χ3v) is 4.92. The van der Waals surface area contributed by atoms with Gasteiger partial charge in [0, 0.05) is 12.2 Å². The van der Waals surface area contributed by atoms with E-state index in [1.807, 2.05) is 0 Å². The first-order valence-corrected chi connectivity index (χ1v) is 7.62. The molecule has 104 valence electrons. The van der Waals surface area contributed by atoms with Gasteiger partial charge in [0.05, 0.1) is 17.9 Å². The van der Waals surface area contributed by atoms with Crippen molar-refractivity contribution in [1.29, 1.82) is 0 Å². The van der Waals surface area contributed by atoms with Crippen LogP contribution >= 0.6 is 0 Å². The molecule has 0 saturated heterocycles. The van der Waals surface area contributed by atoms with Crippen LogP contribution in [0.1, 0.15) is 18.4 Å². The van der Waals surface area contributed by atoms with Crippen molar-refractivity contribution in [2.45, 2.75) is 19.3 Å². The van der Waals surface area contributed by atoms with Crippen molar-refractivity contribution in [2.75, 3.05) is 22.3 Å². The Bertz CT molecular complexity index is 598. The fraction of sp³-hybridized carbons (Fsp3) is 0.417. The van der Waals surface area contributed by atoms with Gasteiger partial charge in [-0.05, 0) is 30.5 Å². The zero-order valence-corrected chi connectivity index (χ0v) is 11.2. The molecule has 6 nitrogen and oxygen atoms in total. The van der Waals surface area contributed by atoms with Crippen LogP contribution in [0.25, 0.3) is 0 Å². The molecule has 1 heterocycles. The van der Waals surface area contributed by atoms with Gasteiger partial charge in [-0.1, -0.05) is 6.07 Å². The van der Waals surface area contributed by atoms with Crippen LogP contribution in [0.2, 0.25) is 0 Å². The molecule has 0 amide bonds. The van der Waals surface area contributed by atoms with Crippen LogP contribution in [-0.4, -0.2) is 31.8 Å². The summed E-state index contributed by atoms with van der Waals surface area (Å²) in [7, 11) is -3.61. The van der Waals surface area contributed by atoms with Gasteiger partial charge in [0.25, 0.3) is 0 Å². The fourth-order valence-electron chi connectivity index (χ4n) is 2.23. The second-order valence-electron chi connectivity index (χ2n) is 4.48. The smallest absolute Gasteiger partial charge is 0.304 e. The number of nitrogen functional groups attached to an aromatic ring is 1. The average molecular weight is 284 g/mol. The minimum absolute atomic E-state index is 0.373. The van der Waals surface area contributed by atoms with Crippen LogP contribution in [0.3, 0.4) is 0 Å². The van der Waals surface area contributed by atoms with Gasteiger partial charge in [-0.25, -0.2) is 8.42 Å². The molecule has 0 aromatic heterocycles. The Morgan fingerprint density at radius 1 is 1.42 bits per heavy atom. The maximum Gasteiger partial charge on any atom is 0.304 e. The van der Waals surface area contributed by atoms with Crippen molar-refractivity contribution in [3.05, 3.63) is 23.8 Å². The molecule has 19 heavy (non-hydrogen) atoms. The number of aliphatic carboxylic acids is 1. The predicted octanol–water partition coefficient (Wildman–Crippen LogP) is 0.826. The molecule has 0 radical (unpaired) electrons. The van der Waals surface area contributed by atoms with Gasteiger partial charge in [-0.2, -0.15) is 0 Å². The van der Waals surface area contributed by atoms with Crippen LogP contribution in [0.15, 0.2) is 18.2 Å². The fourth-order valence-corrected chi connectivity index (χ4v) is 3.76. The summed E-state index contributed by atoms with van der Waals surface area (Å²) in [6.45, 7) is 0.373. The van der Waals surface area contributed by atoms with E-state index in [4.69, 9.17) is 10.8 Å². The van der Waals surface area contributed by atoms with Crippen LogP contribution in [0, 0.1) is 0 Å². The molecule has 1 aromatic rings. The van der Waals surface area contributed by atoms with E-state index in [-0.39, 0.29) is 0 Å². The minimum Gasteiger partial charge on any atom is -0.481 e. The zero-order valence-electron chi connectivity index (χ0n) is 10.4. The lowest BCUT2D eigenvalue weighted by atomic mass is 10.0. The molecule has 3 N–H and O–H groups in total. The van der Waals surface area contributed by atoms with E-state index >= 15 is 0 Å². The molecular weight excluding hydrogens is 268 g/mol. The monoisotopic (exact) mass is 284 g/mol. The van der Waals surface area contributed by atoms with Gasteiger partial charge in [-0.15, -0.1) is 0 Å². The Balaban J connectivity index is 2.33. The lowest BCUT2D eigenvalue weighted by Crippen LogP contribution is -2.37. The molecule has 1 aliphatic heterocycles. The van der Waals surface area contributed by atoms with Gasteiger partial charge < -0.3 is 10.8 Å². The van der Waals surface area contributed by atoms with Crippen molar-refractivity contribution in [3.8, 4) is 0 Å². The standard InChI is InChI=1S/C12H16N2O4S/c13-10-4-1-5-11-9(10)3-2-7-14(11)19(17,18)8-6-12(15)16/h1,4-5H,2-3,6-8,13H2,(H,15,16). The first kappa shape index (κ1) is 13.7. The quantitative estimate of drug-likeness (QED) is 0.797. The normalized spacial score (nSPS) is 15.1. The Morgan fingerprint density at radius 3 is 2.84 bits per heavy atom. The van der Waals surface area contributed by atoms with Gasteiger partial charge in [-0.3, -0.25) is 9.10 Å². The number of carboxylic acids is 1. The second-order valence-corrected chi connectivity index (χ2v) is 6.49. The Hall–Kier alpha value is -1.76. The molecule has 1 aromatic carbocycles. The molecule has 0 aliphatic carbocycles. The average Bonchev–Trinajstić information content (AvgIpc) is 2.36. The van der Waals surface area contributed by atoms with Gasteiger partial charge in [0.1, 0.15) is 0 Å². The van der Waals surface area contributed by atoms with E-state index in [0.29, 0.717) is 24.3 Å². The maximum atomic E-state index is 12.2. The van der Waals surface area contributed by atoms with E-state index in [0.717, 1.165) is 12.0 Å². The summed E-state index contributed by atoms with van der Waals surface area (Å²) in [5.41, 5.74) is 7.84. The first-order valence-electron chi connectivity index (χ1n) is 6.01. The number of nitrogens with two attached hydrogens (primary N) is 1. The molecule has 0 unspecified atom stereocenters. The summed E-state index contributed by atoms with van der Waals surface area (Å²) in [6, 6.07) is 5.16. The summed E-state index contributed by atoms with van der Waals surface area (Å²) in [5.74, 6) is -1.51. The van der Waals surface area contributed by atoms with Crippen molar-refractivity contribution in [1.82, 2.24) is 0 Å². The summed E-state index contributed by atoms with van der Waals surface area (Å²) in [6.07, 6.45) is 1.04. The number of anilines is 2. The van der Waals surface area contributed by atoms with E-state index in [1.165, 1.54) is 4.31 Å². The number of benzene rings is 1. The van der Waals surface area contributed by atoms with E-state index in [2.05, 4.69) is 0 Å². The molecular formula is C12H16N2O4S. The van der Waals surface area contributed by atoms with E-state index in [9.17, 15) is 13.2 Å². The van der Waals surface area contributed by atoms with Crippen LogP contribution < -0.4 is 10.0 Å². The molecule has 0 atom stereocenters. The Labute approximate surface area is 111 Å². The number of nitrogens with zero attached hydrogens (tertiary/aromatic N) is 1. The second kappa shape index (κ2) is 5.08. The number of carboxylic acid groups (broad SMARTS) is 1. The highest BCUT2D eigenvalue weighted by atomic mass is 32.2. The summed E-state index contributed by atoms with van der Waals surface area (Å²) in [5, 5.41) is 8.61. The molecule has 0 fully saturated rings. The number of rotatable bonds is 4. The topological polar surface area (TPSA) is 101 Å². The van der Waals surface area contributed by atoms with Crippen molar-refractivity contribution >= 4 is 27.4 Å². The number of sulfonamides is 1. The lowest BCUT2D eigenvalue weighted by Gasteiger charge is -2.31. The van der Waals surface area contributed by atoms with Crippen molar-refractivity contribution in [3.63, 3.8) is 0 Å². The van der Waals surface area contributed by atoms with E-state index in [1.54, 1.807) is 18.2 Å². The van der Waals surface area contributed by atoms with Crippen LogP contribution in [-0.2, 0) is 21.2 Å². The van der Waals surface area contributed by atoms with E-state index < -0.39 is 28.2 Å². The summed E-state index contributed by atoms with van der Waals surface area (Å²) in [4.78, 5) is 10.5. The number of carbonyl (C=O) groups is 1. The minimum atomic E-state index is -3.61. The molecule has 7 heteroatoms. The predicted molar refractivity (Wildman–Crippen MR) is 72.6 cm³/mol. The summed E-state index contributed by atoms with van der Waals surface area (Å²) >= 11 is 0. The highest BCUT2D eigenvalue weighted by Gasteiger charge is 2.28. The van der Waals surface area contributed by atoms with Gasteiger partial charge in [0.2, 0.25) is 10.0 Å².